The third-order valence-electron chi connectivity index (χ3n) is 5.35. The summed E-state index contributed by atoms with van der Waals surface area (Å²) < 4.78 is 7.73. The van der Waals surface area contributed by atoms with E-state index in [1.54, 1.807) is 18.7 Å². The zero-order chi connectivity index (χ0) is 22.1. The van der Waals surface area contributed by atoms with Gasteiger partial charge in [0.05, 0.1) is 30.1 Å². The first-order valence-electron chi connectivity index (χ1n) is 9.65. The van der Waals surface area contributed by atoms with Crippen LogP contribution in [0.15, 0.2) is 76.5 Å². The molecule has 7 nitrogen and oxygen atoms in total. The number of nitrogens with zero attached hydrogens (tertiary/aromatic N) is 3. The number of methoxy groups -OCH3 is 1. The standard InChI is InChI=1S/C23H21BrN4O3/c1-14-19(22(29)31-3)21(25-23(30)27(14)2)18-13-28(17-7-5-4-6-8-17)26-20(18)15-9-11-16(24)12-10-15/h4-13,21H,1-3H3,(H,25,30)/t21-/m1/s1. The molecule has 0 spiro atoms. The molecule has 1 aromatic heterocycles. The molecule has 1 N–H and O–H groups in total. The fraction of sp³-hybridized carbons (Fsp3) is 0.174. The molecule has 8 heteroatoms. The Morgan fingerprint density at radius 2 is 1.81 bits per heavy atom. The van der Waals surface area contributed by atoms with Crippen molar-refractivity contribution in [3.05, 3.63) is 82.1 Å². The monoisotopic (exact) mass is 480 g/mol. The summed E-state index contributed by atoms with van der Waals surface area (Å²) in [6.45, 7) is 1.74. The zero-order valence-electron chi connectivity index (χ0n) is 17.3. The minimum atomic E-state index is -0.702. The van der Waals surface area contributed by atoms with Crippen molar-refractivity contribution in [1.82, 2.24) is 20.0 Å². The quantitative estimate of drug-likeness (QED) is 0.559. The van der Waals surface area contributed by atoms with Crippen molar-refractivity contribution < 1.29 is 14.3 Å². The van der Waals surface area contributed by atoms with Gasteiger partial charge in [-0.3, -0.25) is 0 Å². The Bertz CT molecular complexity index is 1170. The van der Waals surface area contributed by atoms with Crippen molar-refractivity contribution in [3.8, 4) is 16.9 Å². The van der Waals surface area contributed by atoms with Gasteiger partial charge in [-0.25, -0.2) is 14.3 Å². The van der Waals surface area contributed by atoms with E-state index < -0.39 is 12.0 Å². The van der Waals surface area contributed by atoms with Gasteiger partial charge in [0, 0.05) is 34.5 Å². The highest BCUT2D eigenvalue weighted by Crippen LogP contribution is 2.36. The number of nitrogens with one attached hydrogen (secondary N) is 1. The maximum absolute atomic E-state index is 12.7. The van der Waals surface area contributed by atoms with Crippen LogP contribution in [0.2, 0.25) is 0 Å². The van der Waals surface area contributed by atoms with E-state index in [-0.39, 0.29) is 6.03 Å². The summed E-state index contributed by atoms with van der Waals surface area (Å²) >= 11 is 3.46. The number of rotatable bonds is 4. The van der Waals surface area contributed by atoms with E-state index in [2.05, 4.69) is 21.2 Å². The molecule has 2 aromatic carbocycles. The predicted octanol–water partition coefficient (Wildman–Crippen LogP) is 4.44. The van der Waals surface area contributed by atoms with E-state index in [1.807, 2.05) is 60.8 Å². The molecule has 0 unspecified atom stereocenters. The van der Waals surface area contributed by atoms with Crippen LogP contribution < -0.4 is 5.32 Å². The third-order valence-corrected chi connectivity index (χ3v) is 5.88. The SMILES string of the molecule is COC(=O)C1=C(C)N(C)C(=O)N[C@@H]1c1cn(-c2ccccc2)nc1-c1ccc(Br)cc1. The predicted molar refractivity (Wildman–Crippen MR) is 120 cm³/mol. The Morgan fingerprint density at radius 3 is 2.45 bits per heavy atom. The second kappa shape index (κ2) is 8.39. The molecule has 31 heavy (non-hydrogen) atoms. The minimum absolute atomic E-state index is 0.302. The summed E-state index contributed by atoms with van der Waals surface area (Å²) in [6, 6.07) is 16.4. The van der Waals surface area contributed by atoms with Crippen LogP contribution in [0.25, 0.3) is 16.9 Å². The van der Waals surface area contributed by atoms with Crippen molar-refractivity contribution in [1.29, 1.82) is 0 Å². The van der Waals surface area contributed by atoms with Gasteiger partial charge in [-0.05, 0) is 31.2 Å². The third kappa shape index (κ3) is 3.86. The highest BCUT2D eigenvalue weighted by Gasteiger charge is 2.37. The van der Waals surface area contributed by atoms with Crippen LogP contribution in [-0.2, 0) is 9.53 Å². The lowest BCUT2D eigenvalue weighted by atomic mass is 9.93. The first-order chi connectivity index (χ1) is 14.9. The van der Waals surface area contributed by atoms with E-state index in [0.717, 1.165) is 15.7 Å². The van der Waals surface area contributed by atoms with E-state index in [0.29, 0.717) is 22.5 Å². The average molecular weight is 481 g/mol. The molecule has 0 aliphatic carbocycles. The number of allylic oxidation sites excluding steroid dienone is 1. The molecule has 4 rings (SSSR count). The smallest absolute Gasteiger partial charge is 0.337 e. The van der Waals surface area contributed by atoms with Crippen LogP contribution >= 0.6 is 15.9 Å². The lowest BCUT2D eigenvalue weighted by Crippen LogP contribution is -2.46. The average Bonchev–Trinajstić information content (AvgIpc) is 3.23. The number of ether oxygens (including phenoxy) is 1. The largest absolute Gasteiger partial charge is 0.466 e. The van der Waals surface area contributed by atoms with Crippen LogP contribution in [0.4, 0.5) is 4.79 Å². The number of carbonyl (C=O) groups excluding carboxylic acids is 2. The number of para-hydroxylation sites is 1. The fourth-order valence-electron chi connectivity index (χ4n) is 3.59. The molecule has 0 saturated carbocycles. The second-order valence-electron chi connectivity index (χ2n) is 7.15. The van der Waals surface area contributed by atoms with Gasteiger partial charge in [0.2, 0.25) is 0 Å². The molecular formula is C23H21BrN4O3. The first kappa shape index (κ1) is 20.9. The molecule has 1 atom stereocenters. The summed E-state index contributed by atoms with van der Waals surface area (Å²) in [7, 11) is 2.95. The summed E-state index contributed by atoms with van der Waals surface area (Å²) in [5.74, 6) is -0.497. The molecular weight excluding hydrogens is 460 g/mol. The van der Waals surface area contributed by atoms with Gasteiger partial charge >= 0.3 is 12.0 Å². The summed E-state index contributed by atoms with van der Waals surface area (Å²) in [5.41, 5.74) is 4.01. The van der Waals surface area contributed by atoms with Gasteiger partial charge in [0.25, 0.3) is 0 Å². The number of hydrogen-bond donors (Lipinski definition) is 1. The van der Waals surface area contributed by atoms with E-state index in [4.69, 9.17) is 9.84 Å². The van der Waals surface area contributed by atoms with Gasteiger partial charge in [-0.1, -0.05) is 46.3 Å². The van der Waals surface area contributed by atoms with Gasteiger partial charge in [0.1, 0.15) is 0 Å². The Morgan fingerprint density at radius 1 is 1.13 bits per heavy atom. The summed E-state index contributed by atoms with van der Waals surface area (Å²) in [6.07, 6.45) is 1.85. The van der Waals surface area contributed by atoms with Crippen molar-refractivity contribution >= 4 is 27.9 Å². The molecule has 0 radical (unpaired) electrons. The van der Waals surface area contributed by atoms with Gasteiger partial charge < -0.3 is 15.0 Å². The molecule has 1 aliphatic heterocycles. The van der Waals surface area contributed by atoms with Crippen LogP contribution in [-0.4, -0.2) is 40.8 Å². The van der Waals surface area contributed by atoms with Crippen LogP contribution in [0.1, 0.15) is 18.5 Å². The maximum Gasteiger partial charge on any atom is 0.337 e. The molecule has 1 aliphatic rings. The van der Waals surface area contributed by atoms with E-state index >= 15 is 0 Å². The highest BCUT2D eigenvalue weighted by atomic mass is 79.9. The molecule has 158 valence electrons. The summed E-state index contributed by atoms with van der Waals surface area (Å²) in [4.78, 5) is 26.7. The molecule has 3 aromatic rings. The number of aromatic nitrogens is 2. The fourth-order valence-corrected chi connectivity index (χ4v) is 3.85. The highest BCUT2D eigenvalue weighted by molar-refractivity contribution is 9.10. The number of esters is 1. The summed E-state index contributed by atoms with van der Waals surface area (Å²) in [5, 5.41) is 7.74. The van der Waals surface area contributed by atoms with Crippen molar-refractivity contribution in [2.75, 3.05) is 14.2 Å². The van der Waals surface area contributed by atoms with Gasteiger partial charge in [-0.15, -0.1) is 0 Å². The lowest BCUT2D eigenvalue weighted by Gasteiger charge is -2.32. The number of urea groups is 1. The van der Waals surface area contributed by atoms with Crippen molar-refractivity contribution in [2.45, 2.75) is 13.0 Å². The molecule has 2 heterocycles. The minimum Gasteiger partial charge on any atom is -0.466 e. The topological polar surface area (TPSA) is 76.5 Å². The van der Waals surface area contributed by atoms with E-state index in [1.165, 1.54) is 12.0 Å². The molecule has 2 amide bonds. The maximum atomic E-state index is 12.7. The lowest BCUT2D eigenvalue weighted by molar-refractivity contribution is -0.136. The number of carbonyl (C=O) groups is 2. The Hall–Kier alpha value is -3.39. The van der Waals surface area contributed by atoms with Crippen molar-refractivity contribution in [3.63, 3.8) is 0 Å². The van der Waals surface area contributed by atoms with Crippen LogP contribution in [0.3, 0.4) is 0 Å². The molecule has 0 fully saturated rings. The number of hydrogen-bond acceptors (Lipinski definition) is 4. The number of amides is 2. The number of halogens is 1. The van der Waals surface area contributed by atoms with Crippen molar-refractivity contribution in [2.24, 2.45) is 0 Å². The van der Waals surface area contributed by atoms with Crippen LogP contribution in [0, 0.1) is 0 Å². The Labute approximate surface area is 188 Å². The normalized spacial score (nSPS) is 16.3. The molecule has 0 saturated heterocycles. The van der Waals surface area contributed by atoms with Gasteiger partial charge in [-0.2, -0.15) is 5.10 Å². The second-order valence-corrected chi connectivity index (χ2v) is 8.07. The van der Waals surface area contributed by atoms with Crippen LogP contribution in [0.5, 0.6) is 0 Å². The Kier molecular flexibility index (Phi) is 5.65. The first-order valence-corrected chi connectivity index (χ1v) is 10.4. The Balaban J connectivity index is 1.93. The van der Waals surface area contributed by atoms with Gasteiger partial charge in [0.15, 0.2) is 0 Å². The van der Waals surface area contributed by atoms with E-state index in [9.17, 15) is 9.59 Å². The zero-order valence-corrected chi connectivity index (χ0v) is 18.9. The molecule has 0 bridgehead atoms. The number of benzene rings is 2.